The van der Waals surface area contributed by atoms with Gasteiger partial charge >= 0.3 is 0 Å². The van der Waals surface area contributed by atoms with Crippen molar-refractivity contribution >= 4 is 29.1 Å². The number of hydrogen-bond acceptors (Lipinski definition) is 6. The molecule has 4 aromatic rings. The molecule has 0 atom stereocenters. The SMILES string of the molecule is CCCCn1c(-c2ccc(Cl)cc2)cnc1Cn1c(SCc2ccccc2[N+](=O)[O-])nc(=O)c2c1CCC2. The molecule has 0 fully saturated rings. The van der Waals surface area contributed by atoms with Crippen LogP contribution in [0.3, 0.4) is 0 Å². The summed E-state index contributed by atoms with van der Waals surface area (Å²) < 4.78 is 4.34. The number of rotatable bonds is 10. The lowest BCUT2D eigenvalue weighted by Crippen LogP contribution is -2.23. The Balaban J connectivity index is 1.53. The number of thioether (sulfide) groups is 1. The van der Waals surface area contributed by atoms with E-state index in [2.05, 4.69) is 21.0 Å². The molecule has 0 aliphatic heterocycles. The summed E-state index contributed by atoms with van der Waals surface area (Å²) in [6, 6.07) is 14.4. The lowest BCUT2D eigenvalue weighted by molar-refractivity contribution is -0.385. The Morgan fingerprint density at radius 1 is 1.11 bits per heavy atom. The topological polar surface area (TPSA) is 95.8 Å². The van der Waals surface area contributed by atoms with E-state index in [-0.39, 0.29) is 16.2 Å². The van der Waals surface area contributed by atoms with Gasteiger partial charge in [-0.3, -0.25) is 14.9 Å². The van der Waals surface area contributed by atoms with Gasteiger partial charge in [-0.05, 0) is 43.4 Å². The molecule has 1 aliphatic carbocycles. The Hall–Kier alpha value is -3.43. The molecule has 0 saturated carbocycles. The Labute approximate surface area is 229 Å². The van der Waals surface area contributed by atoms with Crippen LogP contribution in [0.2, 0.25) is 5.02 Å². The quantitative estimate of drug-likeness (QED) is 0.0997. The van der Waals surface area contributed by atoms with E-state index in [4.69, 9.17) is 16.6 Å². The first-order chi connectivity index (χ1) is 18.5. The van der Waals surface area contributed by atoms with Gasteiger partial charge in [-0.15, -0.1) is 0 Å². The Kier molecular flexibility index (Phi) is 7.95. The minimum atomic E-state index is -0.373. The second kappa shape index (κ2) is 11.5. The van der Waals surface area contributed by atoms with Crippen molar-refractivity contribution in [1.29, 1.82) is 0 Å². The highest BCUT2D eigenvalue weighted by Crippen LogP contribution is 2.31. The van der Waals surface area contributed by atoms with E-state index in [0.29, 0.717) is 28.0 Å². The highest BCUT2D eigenvalue weighted by atomic mass is 35.5. The summed E-state index contributed by atoms with van der Waals surface area (Å²) in [5.41, 5.74) is 4.28. The fraction of sp³-hybridized carbons (Fsp3) is 0.321. The van der Waals surface area contributed by atoms with E-state index in [0.717, 1.165) is 67.0 Å². The van der Waals surface area contributed by atoms with E-state index >= 15 is 0 Å². The number of fused-ring (bicyclic) bond motifs is 1. The molecular formula is C28H28ClN5O3S. The van der Waals surface area contributed by atoms with Gasteiger partial charge in [0.2, 0.25) is 0 Å². The van der Waals surface area contributed by atoms with Gasteiger partial charge in [0, 0.05) is 40.2 Å². The number of imidazole rings is 1. The van der Waals surface area contributed by atoms with Crippen molar-refractivity contribution in [3.05, 3.63) is 103 Å². The zero-order valence-corrected chi connectivity index (χ0v) is 22.7. The second-order valence-electron chi connectivity index (χ2n) is 9.31. The molecule has 0 spiro atoms. The summed E-state index contributed by atoms with van der Waals surface area (Å²) in [5.74, 6) is 1.22. The third-order valence-electron chi connectivity index (χ3n) is 6.86. The van der Waals surface area contributed by atoms with Crippen molar-refractivity contribution in [2.24, 2.45) is 0 Å². The third kappa shape index (κ3) is 5.39. The van der Waals surface area contributed by atoms with Crippen LogP contribution in [0.15, 0.2) is 64.7 Å². The number of benzene rings is 2. The van der Waals surface area contributed by atoms with Gasteiger partial charge < -0.3 is 9.13 Å². The zero-order chi connectivity index (χ0) is 26.6. The van der Waals surface area contributed by atoms with Gasteiger partial charge in [0.1, 0.15) is 5.82 Å². The summed E-state index contributed by atoms with van der Waals surface area (Å²) in [6.07, 6.45) is 6.37. The monoisotopic (exact) mass is 549 g/mol. The maximum atomic E-state index is 12.9. The van der Waals surface area contributed by atoms with Crippen LogP contribution in [-0.2, 0) is 31.7 Å². The van der Waals surface area contributed by atoms with Gasteiger partial charge in [-0.2, -0.15) is 4.98 Å². The first-order valence-electron chi connectivity index (χ1n) is 12.7. The first kappa shape index (κ1) is 26.2. The molecule has 38 heavy (non-hydrogen) atoms. The average molecular weight is 550 g/mol. The van der Waals surface area contributed by atoms with E-state index in [1.807, 2.05) is 30.5 Å². The van der Waals surface area contributed by atoms with Crippen molar-refractivity contribution in [3.63, 3.8) is 0 Å². The maximum absolute atomic E-state index is 12.9. The standard InChI is InChI=1S/C28H28ClN5O3S/c1-2-3-15-32-25(19-11-13-21(29)14-12-19)16-30-26(32)17-33-24-10-6-8-22(24)27(35)31-28(33)38-18-20-7-4-5-9-23(20)34(36)37/h4-5,7,9,11-14,16H,2-3,6,8,10,15,17-18H2,1H3. The van der Waals surface area contributed by atoms with E-state index < -0.39 is 0 Å². The molecular weight excluding hydrogens is 522 g/mol. The number of unbranched alkanes of at least 4 members (excludes halogenated alkanes) is 1. The number of hydrogen-bond donors (Lipinski definition) is 0. The van der Waals surface area contributed by atoms with Crippen molar-refractivity contribution in [1.82, 2.24) is 19.1 Å². The summed E-state index contributed by atoms with van der Waals surface area (Å²) in [7, 11) is 0. The van der Waals surface area contributed by atoms with Crippen LogP contribution in [0.4, 0.5) is 5.69 Å². The normalized spacial score (nSPS) is 12.6. The molecule has 2 heterocycles. The third-order valence-corrected chi connectivity index (χ3v) is 8.14. The van der Waals surface area contributed by atoms with Crippen LogP contribution >= 0.6 is 23.4 Å². The van der Waals surface area contributed by atoms with Crippen LogP contribution in [0.1, 0.15) is 48.8 Å². The first-order valence-corrected chi connectivity index (χ1v) is 14.1. The molecule has 0 N–H and O–H groups in total. The molecule has 0 radical (unpaired) electrons. The van der Waals surface area contributed by atoms with Crippen molar-refractivity contribution in [2.45, 2.75) is 63.0 Å². The van der Waals surface area contributed by atoms with Gasteiger partial charge in [-0.1, -0.05) is 67.0 Å². The Morgan fingerprint density at radius 3 is 2.66 bits per heavy atom. The van der Waals surface area contributed by atoms with Gasteiger partial charge in [0.15, 0.2) is 5.16 Å². The Bertz CT molecular complexity index is 1530. The molecule has 196 valence electrons. The average Bonchev–Trinajstić information content (AvgIpc) is 3.56. The maximum Gasteiger partial charge on any atom is 0.277 e. The van der Waals surface area contributed by atoms with Crippen LogP contribution in [-0.4, -0.2) is 24.0 Å². The number of halogens is 1. The smallest absolute Gasteiger partial charge is 0.277 e. The van der Waals surface area contributed by atoms with Crippen LogP contribution in [0, 0.1) is 10.1 Å². The number of nitro benzene ring substituents is 1. The number of para-hydroxylation sites is 1. The van der Waals surface area contributed by atoms with Crippen molar-refractivity contribution < 1.29 is 4.92 Å². The highest BCUT2D eigenvalue weighted by Gasteiger charge is 2.24. The summed E-state index contributed by atoms with van der Waals surface area (Å²) in [6.45, 7) is 3.44. The van der Waals surface area contributed by atoms with Crippen LogP contribution in [0.25, 0.3) is 11.3 Å². The number of aromatic nitrogens is 4. The van der Waals surface area contributed by atoms with E-state index in [1.54, 1.807) is 18.2 Å². The van der Waals surface area contributed by atoms with Crippen LogP contribution in [0.5, 0.6) is 0 Å². The fourth-order valence-corrected chi connectivity index (χ4v) is 6.04. The predicted molar refractivity (Wildman–Crippen MR) is 150 cm³/mol. The van der Waals surface area contributed by atoms with Gasteiger partial charge in [0.05, 0.1) is 23.4 Å². The molecule has 0 unspecified atom stereocenters. The molecule has 8 nitrogen and oxygen atoms in total. The molecule has 1 aliphatic rings. The predicted octanol–water partition coefficient (Wildman–Crippen LogP) is 6.30. The molecule has 2 aromatic heterocycles. The fourth-order valence-electron chi connectivity index (χ4n) is 4.91. The molecule has 0 bridgehead atoms. The Morgan fingerprint density at radius 2 is 1.89 bits per heavy atom. The summed E-state index contributed by atoms with van der Waals surface area (Å²) >= 11 is 7.48. The zero-order valence-electron chi connectivity index (χ0n) is 21.1. The van der Waals surface area contributed by atoms with E-state index in [1.165, 1.54) is 17.8 Å². The van der Waals surface area contributed by atoms with Crippen LogP contribution < -0.4 is 5.56 Å². The van der Waals surface area contributed by atoms with Gasteiger partial charge in [-0.25, -0.2) is 4.98 Å². The van der Waals surface area contributed by atoms with Crippen molar-refractivity contribution in [2.75, 3.05) is 0 Å². The second-order valence-corrected chi connectivity index (χ2v) is 10.7. The minimum Gasteiger partial charge on any atom is -0.327 e. The summed E-state index contributed by atoms with van der Waals surface area (Å²) in [4.78, 5) is 33.3. The minimum absolute atomic E-state index is 0.0674. The lowest BCUT2D eigenvalue weighted by atomic mass is 10.1. The van der Waals surface area contributed by atoms with Gasteiger partial charge in [0.25, 0.3) is 11.2 Å². The highest BCUT2D eigenvalue weighted by molar-refractivity contribution is 7.98. The van der Waals surface area contributed by atoms with Crippen molar-refractivity contribution in [3.8, 4) is 11.3 Å². The largest absolute Gasteiger partial charge is 0.327 e. The molecule has 0 amide bonds. The molecule has 0 saturated heterocycles. The number of nitro groups is 1. The molecule has 5 rings (SSSR count). The number of nitrogens with zero attached hydrogens (tertiary/aromatic N) is 5. The molecule has 2 aromatic carbocycles. The van der Waals surface area contributed by atoms with E-state index in [9.17, 15) is 14.9 Å². The molecule has 10 heteroatoms. The summed E-state index contributed by atoms with van der Waals surface area (Å²) in [5, 5.41) is 12.8. The lowest BCUT2D eigenvalue weighted by Gasteiger charge is -2.18.